The zero-order valence-corrected chi connectivity index (χ0v) is 10.9. The largest absolute Gasteiger partial charge is 0.378 e. The van der Waals surface area contributed by atoms with Crippen molar-refractivity contribution in [3.63, 3.8) is 0 Å². The highest BCUT2D eigenvalue weighted by Crippen LogP contribution is 2.45. The monoisotopic (exact) mass is 238 g/mol. The van der Waals surface area contributed by atoms with E-state index >= 15 is 0 Å². The summed E-state index contributed by atoms with van der Waals surface area (Å²) in [7, 11) is 0. The number of hydrogen-bond acceptors (Lipinski definition) is 4. The molecule has 0 saturated heterocycles. The average molecular weight is 238 g/mol. The van der Waals surface area contributed by atoms with Gasteiger partial charge in [-0.25, -0.2) is 0 Å². The molecule has 0 radical (unpaired) electrons. The van der Waals surface area contributed by atoms with Crippen LogP contribution >= 0.6 is 0 Å². The Morgan fingerprint density at radius 3 is 3.00 bits per heavy atom. The van der Waals surface area contributed by atoms with Gasteiger partial charge < -0.3 is 14.6 Å². The molecule has 0 aromatic carbocycles. The Balaban J connectivity index is 1.86. The van der Waals surface area contributed by atoms with E-state index in [0.717, 1.165) is 31.8 Å². The van der Waals surface area contributed by atoms with Crippen molar-refractivity contribution in [3.05, 3.63) is 18.0 Å². The Morgan fingerprint density at radius 1 is 1.59 bits per heavy atom. The van der Waals surface area contributed by atoms with Crippen LogP contribution in [0.15, 0.2) is 16.8 Å². The smallest absolute Gasteiger partial charge is 0.150 e. The molecule has 0 amide bonds. The molecule has 1 aliphatic carbocycles. The van der Waals surface area contributed by atoms with Gasteiger partial charge in [-0.1, -0.05) is 19.0 Å². The van der Waals surface area contributed by atoms with Crippen molar-refractivity contribution in [1.29, 1.82) is 0 Å². The van der Waals surface area contributed by atoms with E-state index < -0.39 is 0 Å². The minimum Gasteiger partial charge on any atom is -0.378 e. The fraction of sp³-hybridized carbons (Fsp3) is 0.769. The van der Waals surface area contributed by atoms with Crippen molar-refractivity contribution in [2.75, 3.05) is 6.61 Å². The second kappa shape index (κ2) is 5.19. The highest BCUT2D eigenvalue weighted by molar-refractivity contribution is 5.05. The molecule has 1 fully saturated rings. The molecule has 2 rings (SSSR count). The first-order valence-corrected chi connectivity index (χ1v) is 6.45. The second-order valence-corrected chi connectivity index (χ2v) is 4.95. The van der Waals surface area contributed by atoms with E-state index in [1.54, 1.807) is 6.20 Å². The van der Waals surface area contributed by atoms with Crippen LogP contribution < -0.4 is 5.32 Å². The third-order valence-corrected chi connectivity index (χ3v) is 4.12. The predicted molar refractivity (Wildman–Crippen MR) is 65.6 cm³/mol. The quantitative estimate of drug-likeness (QED) is 0.826. The molecule has 0 spiro atoms. The molecule has 3 unspecified atom stereocenters. The molecule has 3 atom stereocenters. The standard InChI is InChI=1S/C13H22N2O2/c1-4-13(3)11(8-12(13)16-5-2)14-9-10-6-7-15-17-10/h6-7,11-12,14H,4-5,8-9H2,1-3H3. The van der Waals surface area contributed by atoms with Crippen molar-refractivity contribution in [2.24, 2.45) is 5.41 Å². The van der Waals surface area contributed by atoms with E-state index in [2.05, 4.69) is 31.2 Å². The van der Waals surface area contributed by atoms with Crippen LogP contribution in [0.1, 0.15) is 39.4 Å². The third-order valence-electron chi connectivity index (χ3n) is 4.12. The van der Waals surface area contributed by atoms with E-state index in [1.807, 2.05) is 6.07 Å². The lowest BCUT2D eigenvalue weighted by Gasteiger charge is -2.53. The molecule has 17 heavy (non-hydrogen) atoms. The topological polar surface area (TPSA) is 47.3 Å². The van der Waals surface area contributed by atoms with Crippen LogP contribution in [-0.2, 0) is 11.3 Å². The number of aromatic nitrogens is 1. The zero-order valence-electron chi connectivity index (χ0n) is 10.9. The Bertz CT molecular complexity index is 339. The van der Waals surface area contributed by atoms with Gasteiger partial charge in [-0.15, -0.1) is 0 Å². The molecule has 0 bridgehead atoms. The summed E-state index contributed by atoms with van der Waals surface area (Å²) in [5, 5.41) is 7.24. The molecule has 1 aromatic heterocycles. The fourth-order valence-electron chi connectivity index (χ4n) is 2.62. The van der Waals surface area contributed by atoms with Crippen LogP contribution in [0, 0.1) is 5.41 Å². The molecule has 1 saturated carbocycles. The summed E-state index contributed by atoms with van der Waals surface area (Å²) in [5.74, 6) is 0.892. The average Bonchev–Trinajstić information content (AvgIpc) is 2.84. The maximum atomic E-state index is 5.78. The van der Waals surface area contributed by atoms with E-state index in [-0.39, 0.29) is 5.41 Å². The maximum Gasteiger partial charge on any atom is 0.150 e. The number of rotatable bonds is 6. The van der Waals surface area contributed by atoms with E-state index in [0.29, 0.717) is 12.1 Å². The summed E-state index contributed by atoms with van der Waals surface area (Å²) in [6, 6.07) is 2.41. The van der Waals surface area contributed by atoms with Crippen LogP contribution in [0.25, 0.3) is 0 Å². The Labute approximate surface area is 103 Å². The molecule has 1 aliphatic rings. The summed E-state index contributed by atoms with van der Waals surface area (Å²) in [4.78, 5) is 0. The van der Waals surface area contributed by atoms with Crippen molar-refractivity contribution >= 4 is 0 Å². The normalized spacial score (nSPS) is 32.4. The lowest BCUT2D eigenvalue weighted by Crippen LogP contribution is -2.61. The summed E-state index contributed by atoms with van der Waals surface area (Å²) in [6.45, 7) is 8.14. The van der Waals surface area contributed by atoms with Crippen molar-refractivity contribution in [1.82, 2.24) is 10.5 Å². The molecule has 1 aromatic rings. The summed E-state index contributed by atoms with van der Waals surface area (Å²) in [5.41, 5.74) is 0.246. The number of hydrogen-bond donors (Lipinski definition) is 1. The lowest BCUT2D eigenvalue weighted by molar-refractivity contribution is -0.126. The third kappa shape index (κ3) is 2.38. The highest BCUT2D eigenvalue weighted by atomic mass is 16.5. The summed E-state index contributed by atoms with van der Waals surface area (Å²) < 4.78 is 10.9. The first kappa shape index (κ1) is 12.6. The number of ether oxygens (including phenoxy) is 1. The molecular formula is C13H22N2O2. The Morgan fingerprint density at radius 2 is 2.41 bits per heavy atom. The van der Waals surface area contributed by atoms with Gasteiger partial charge in [0.1, 0.15) is 5.76 Å². The molecule has 0 aliphatic heterocycles. The zero-order chi connectivity index (χ0) is 12.3. The summed E-state index contributed by atoms with van der Waals surface area (Å²) in [6.07, 6.45) is 4.29. The Hall–Kier alpha value is -0.870. The van der Waals surface area contributed by atoms with Gasteiger partial charge >= 0.3 is 0 Å². The van der Waals surface area contributed by atoms with Gasteiger partial charge in [0.05, 0.1) is 18.8 Å². The van der Waals surface area contributed by atoms with Gasteiger partial charge in [0.25, 0.3) is 0 Å². The van der Waals surface area contributed by atoms with Gasteiger partial charge in [-0.3, -0.25) is 0 Å². The Kier molecular flexibility index (Phi) is 3.84. The van der Waals surface area contributed by atoms with Crippen molar-refractivity contribution < 1.29 is 9.26 Å². The van der Waals surface area contributed by atoms with Crippen LogP contribution in [0.5, 0.6) is 0 Å². The lowest BCUT2D eigenvalue weighted by atomic mass is 9.61. The van der Waals surface area contributed by atoms with Gasteiger partial charge in [0.2, 0.25) is 0 Å². The minimum atomic E-state index is 0.246. The maximum absolute atomic E-state index is 5.78. The molecule has 4 nitrogen and oxygen atoms in total. The molecular weight excluding hydrogens is 216 g/mol. The second-order valence-electron chi connectivity index (χ2n) is 4.95. The van der Waals surface area contributed by atoms with Crippen LogP contribution in [-0.4, -0.2) is 23.9 Å². The van der Waals surface area contributed by atoms with Crippen molar-refractivity contribution in [2.45, 2.75) is 52.3 Å². The fourth-order valence-corrected chi connectivity index (χ4v) is 2.62. The van der Waals surface area contributed by atoms with Gasteiger partial charge in [0, 0.05) is 24.1 Å². The van der Waals surface area contributed by atoms with Gasteiger partial charge in [-0.05, 0) is 19.8 Å². The number of nitrogens with zero attached hydrogens (tertiary/aromatic N) is 1. The molecule has 1 heterocycles. The molecule has 1 N–H and O–H groups in total. The highest BCUT2D eigenvalue weighted by Gasteiger charge is 2.50. The molecule has 96 valence electrons. The number of nitrogens with one attached hydrogen (secondary N) is 1. The van der Waals surface area contributed by atoms with Crippen molar-refractivity contribution in [3.8, 4) is 0 Å². The van der Waals surface area contributed by atoms with Crippen LogP contribution in [0.3, 0.4) is 0 Å². The minimum absolute atomic E-state index is 0.246. The van der Waals surface area contributed by atoms with E-state index in [9.17, 15) is 0 Å². The van der Waals surface area contributed by atoms with Gasteiger partial charge in [0.15, 0.2) is 0 Å². The van der Waals surface area contributed by atoms with Crippen LogP contribution in [0.4, 0.5) is 0 Å². The van der Waals surface area contributed by atoms with E-state index in [4.69, 9.17) is 9.26 Å². The first-order chi connectivity index (χ1) is 8.20. The van der Waals surface area contributed by atoms with Gasteiger partial charge in [-0.2, -0.15) is 0 Å². The van der Waals surface area contributed by atoms with Crippen LogP contribution in [0.2, 0.25) is 0 Å². The first-order valence-electron chi connectivity index (χ1n) is 6.45. The molecule has 4 heteroatoms. The summed E-state index contributed by atoms with van der Waals surface area (Å²) >= 11 is 0. The van der Waals surface area contributed by atoms with E-state index in [1.165, 1.54) is 0 Å². The predicted octanol–water partition coefficient (Wildman–Crippen LogP) is 2.36. The SMILES string of the molecule is CCOC1CC(NCc2ccno2)C1(C)CC.